The Labute approximate surface area is 114 Å². The normalized spacial score (nSPS) is 10.3. The van der Waals surface area contributed by atoms with Gasteiger partial charge in [-0.05, 0) is 18.2 Å². The van der Waals surface area contributed by atoms with Gasteiger partial charge in [0, 0.05) is 30.4 Å². The highest BCUT2D eigenvalue weighted by molar-refractivity contribution is 5.98. The third-order valence-corrected chi connectivity index (χ3v) is 2.93. The monoisotopic (exact) mass is 275 g/mol. The number of nitro benzene ring substituents is 1. The molecule has 2 rings (SSSR count). The molecule has 0 amide bonds. The first-order chi connectivity index (χ1) is 9.54. The number of aromatic nitrogens is 1. The van der Waals surface area contributed by atoms with Crippen molar-refractivity contribution in [2.75, 3.05) is 25.6 Å². The van der Waals surface area contributed by atoms with Gasteiger partial charge in [0.1, 0.15) is 12.1 Å². The summed E-state index contributed by atoms with van der Waals surface area (Å²) in [5.74, 6) is -0.386. The maximum atomic E-state index is 11.3. The van der Waals surface area contributed by atoms with Gasteiger partial charge in [0.25, 0.3) is 5.69 Å². The van der Waals surface area contributed by atoms with Crippen LogP contribution in [0.15, 0.2) is 30.5 Å². The van der Waals surface area contributed by atoms with Gasteiger partial charge in [-0.25, -0.2) is 4.98 Å². The third-order valence-electron chi connectivity index (χ3n) is 2.93. The van der Waals surface area contributed by atoms with Crippen molar-refractivity contribution in [3.63, 3.8) is 0 Å². The van der Waals surface area contributed by atoms with E-state index in [4.69, 9.17) is 0 Å². The molecule has 0 atom stereocenters. The molecule has 0 radical (unpaired) electrons. The van der Waals surface area contributed by atoms with Gasteiger partial charge in [-0.2, -0.15) is 0 Å². The number of hydrogen-bond donors (Lipinski definition) is 0. The van der Waals surface area contributed by atoms with Crippen LogP contribution in [-0.2, 0) is 9.53 Å². The van der Waals surface area contributed by atoms with Gasteiger partial charge in [-0.3, -0.25) is 14.9 Å². The molecule has 104 valence electrons. The summed E-state index contributed by atoms with van der Waals surface area (Å²) in [6.45, 7) is 0.0539. The number of rotatable bonds is 4. The lowest BCUT2D eigenvalue weighted by molar-refractivity contribution is -0.383. The lowest BCUT2D eigenvalue weighted by Crippen LogP contribution is -2.26. The number of carbonyl (C=O) groups excluding carboxylic acids is 1. The molecular formula is C13H13N3O4. The number of ether oxygens (including phenoxy) is 1. The van der Waals surface area contributed by atoms with Crippen LogP contribution in [0.25, 0.3) is 10.9 Å². The topological polar surface area (TPSA) is 85.6 Å². The minimum Gasteiger partial charge on any atom is -0.468 e. The number of nitrogens with zero attached hydrogens (tertiary/aromatic N) is 3. The predicted octanol–water partition coefficient (Wildman–Crippen LogP) is 1.75. The van der Waals surface area contributed by atoms with E-state index in [0.717, 1.165) is 0 Å². The van der Waals surface area contributed by atoms with E-state index in [1.165, 1.54) is 19.4 Å². The number of carbonyl (C=O) groups is 1. The number of esters is 1. The standard InChI is InChI=1S/C13H13N3O4/c1-15(8-12(17)20-2)10-5-6-11(16(18)19)13-9(10)4-3-7-14-13/h3-7H,8H2,1-2H3. The van der Waals surface area contributed by atoms with Gasteiger partial charge in [0.2, 0.25) is 0 Å². The minimum absolute atomic E-state index is 0.0539. The van der Waals surface area contributed by atoms with Crippen molar-refractivity contribution in [1.82, 2.24) is 4.98 Å². The van der Waals surface area contributed by atoms with Crippen molar-refractivity contribution in [2.45, 2.75) is 0 Å². The number of hydrogen-bond acceptors (Lipinski definition) is 6. The summed E-state index contributed by atoms with van der Waals surface area (Å²) < 4.78 is 4.61. The van der Waals surface area contributed by atoms with Crippen LogP contribution in [0.1, 0.15) is 0 Å². The van der Waals surface area contributed by atoms with Crippen LogP contribution in [0.3, 0.4) is 0 Å². The summed E-state index contributed by atoms with van der Waals surface area (Å²) in [6.07, 6.45) is 1.50. The Morgan fingerprint density at radius 3 is 2.85 bits per heavy atom. The Kier molecular flexibility index (Phi) is 3.79. The van der Waals surface area contributed by atoms with Crippen LogP contribution >= 0.6 is 0 Å². The van der Waals surface area contributed by atoms with E-state index in [1.807, 2.05) is 0 Å². The van der Waals surface area contributed by atoms with Crippen LogP contribution in [0.5, 0.6) is 0 Å². The number of non-ortho nitro benzene ring substituents is 1. The van der Waals surface area contributed by atoms with Gasteiger partial charge in [0.15, 0.2) is 0 Å². The van der Waals surface area contributed by atoms with Crippen molar-refractivity contribution in [1.29, 1.82) is 0 Å². The van der Waals surface area contributed by atoms with E-state index in [9.17, 15) is 14.9 Å². The Hall–Kier alpha value is -2.70. The van der Waals surface area contributed by atoms with Gasteiger partial charge < -0.3 is 9.64 Å². The van der Waals surface area contributed by atoms with Crippen molar-refractivity contribution >= 4 is 28.2 Å². The zero-order valence-corrected chi connectivity index (χ0v) is 11.1. The summed E-state index contributed by atoms with van der Waals surface area (Å²) in [5.41, 5.74) is 0.923. The molecule has 1 aromatic carbocycles. The highest BCUT2D eigenvalue weighted by atomic mass is 16.6. The summed E-state index contributed by atoms with van der Waals surface area (Å²) in [5, 5.41) is 11.6. The second-order valence-corrected chi connectivity index (χ2v) is 4.19. The number of likely N-dealkylation sites (N-methyl/N-ethyl adjacent to an activating group) is 1. The molecule has 7 nitrogen and oxygen atoms in total. The molecule has 0 aliphatic heterocycles. The van der Waals surface area contributed by atoms with E-state index in [0.29, 0.717) is 16.6 Å². The van der Waals surface area contributed by atoms with Gasteiger partial charge in [-0.1, -0.05) is 0 Å². The average Bonchev–Trinajstić information content (AvgIpc) is 2.45. The molecule has 20 heavy (non-hydrogen) atoms. The van der Waals surface area contributed by atoms with E-state index in [2.05, 4.69) is 9.72 Å². The highest BCUT2D eigenvalue weighted by Crippen LogP contribution is 2.31. The van der Waals surface area contributed by atoms with Crippen LogP contribution in [0.4, 0.5) is 11.4 Å². The second-order valence-electron chi connectivity index (χ2n) is 4.19. The molecule has 1 aromatic heterocycles. The predicted molar refractivity (Wildman–Crippen MR) is 73.7 cm³/mol. The molecule has 1 heterocycles. The highest BCUT2D eigenvalue weighted by Gasteiger charge is 2.18. The fraction of sp³-hybridized carbons (Fsp3) is 0.231. The van der Waals surface area contributed by atoms with E-state index in [-0.39, 0.29) is 18.2 Å². The fourth-order valence-corrected chi connectivity index (χ4v) is 1.97. The molecular weight excluding hydrogens is 262 g/mol. The molecule has 0 bridgehead atoms. The second kappa shape index (κ2) is 5.52. The van der Waals surface area contributed by atoms with Crippen LogP contribution in [0, 0.1) is 10.1 Å². The summed E-state index contributed by atoms with van der Waals surface area (Å²) in [4.78, 5) is 27.6. The maximum Gasteiger partial charge on any atom is 0.325 e. The number of anilines is 1. The number of benzene rings is 1. The number of fused-ring (bicyclic) bond motifs is 1. The van der Waals surface area contributed by atoms with Crippen LogP contribution < -0.4 is 4.90 Å². The average molecular weight is 275 g/mol. The zero-order valence-electron chi connectivity index (χ0n) is 11.1. The smallest absolute Gasteiger partial charge is 0.325 e. The quantitative estimate of drug-likeness (QED) is 0.480. The third kappa shape index (κ3) is 2.51. The molecule has 0 N–H and O–H groups in total. The van der Waals surface area contributed by atoms with Crippen molar-refractivity contribution in [3.05, 3.63) is 40.6 Å². The lowest BCUT2D eigenvalue weighted by Gasteiger charge is -2.19. The van der Waals surface area contributed by atoms with E-state index >= 15 is 0 Å². The molecule has 0 spiro atoms. The van der Waals surface area contributed by atoms with Crippen LogP contribution in [-0.4, -0.2) is 36.6 Å². The van der Waals surface area contributed by atoms with E-state index < -0.39 is 4.92 Å². The molecule has 0 aliphatic rings. The Balaban J connectivity index is 2.53. The Morgan fingerprint density at radius 2 is 2.20 bits per heavy atom. The first kappa shape index (κ1) is 13.7. The van der Waals surface area contributed by atoms with Crippen molar-refractivity contribution in [3.8, 4) is 0 Å². The van der Waals surface area contributed by atoms with Crippen LogP contribution in [0.2, 0.25) is 0 Å². The Bertz CT molecular complexity index is 672. The first-order valence-electron chi connectivity index (χ1n) is 5.84. The summed E-state index contributed by atoms with van der Waals surface area (Å²) in [7, 11) is 3.02. The number of pyridine rings is 1. The first-order valence-corrected chi connectivity index (χ1v) is 5.84. The molecule has 7 heteroatoms. The number of nitro groups is 1. The zero-order chi connectivity index (χ0) is 14.7. The lowest BCUT2D eigenvalue weighted by atomic mass is 10.1. The molecule has 0 aliphatic carbocycles. The Morgan fingerprint density at radius 1 is 1.45 bits per heavy atom. The molecule has 2 aromatic rings. The van der Waals surface area contributed by atoms with E-state index in [1.54, 1.807) is 30.1 Å². The SMILES string of the molecule is COC(=O)CN(C)c1ccc([N+](=O)[O-])c2ncccc12. The van der Waals surface area contributed by atoms with Crippen molar-refractivity contribution in [2.24, 2.45) is 0 Å². The van der Waals surface area contributed by atoms with Gasteiger partial charge >= 0.3 is 5.97 Å². The minimum atomic E-state index is -0.473. The summed E-state index contributed by atoms with van der Waals surface area (Å²) >= 11 is 0. The molecule has 0 saturated carbocycles. The van der Waals surface area contributed by atoms with Crippen molar-refractivity contribution < 1.29 is 14.5 Å². The molecule has 0 fully saturated rings. The number of methoxy groups -OCH3 is 1. The molecule has 0 saturated heterocycles. The van der Waals surface area contributed by atoms with Gasteiger partial charge in [0.05, 0.1) is 12.0 Å². The largest absolute Gasteiger partial charge is 0.468 e. The summed E-state index contributed by atoms with van der Waals surface area (Å²) in [6, 6.07) is 6.42. The maximum absolute atomic E-state index is 11.3. The van der Waals surface area contributed by atoms with Gasteiger partial charge in [-0.15, -0.1) is 0 Å². The fourth-order valence-electron chi connectivity index (χ4n) is 1.97. The molecule has 0 unspecified atom stereocenters.